The molecule has 3 unspecified atom stereocenters. The van der Waals surface area contributed by atoms with E-state index >= 15 is 0 Å². The molecule has 10 nitrogen and oxygen atoms in total. The van der Waals surface area contributed by atoms with E-state index in [4.69, 9.17) is 4.98 Å². The molecule has 3 atom stereocenters. The van der Waals surface area contributed by atoms with Crippen molar-refractivity contribution in [2.45, 2.75) is 70.5 Å². The Kier molecular flexibility index (Phi) is 7.83. The number of hydrogen-bond acceptors (Lipinski definition) is 7. The number of aromatic nitrogens is 4. The highest BCUT2D eigenvalue weighted by molar-refractivity contribution is 5.97. The van der Waals surface area contributed by atoms with Gasteiger partial charge in [0, 0.05) is 68.5 Å². The van der Waals surface area contributed by atoms with Crippen molar-refractivity contribution in [2.75, 3.05) is 32.5 Å². The molecule has 3 aromatic rings. The molecule has 2 aliphatic carbocycles. The van der Waals surface area contributed by atoms with Gasteiger partial charge < -0.3 is 25.0 Å². The van der Waals surface area contributed by atoms with Gasteiger partial charge >= 0.3 is 0 Å². The van der Waals surface area contributed by atoms with Crippen molar-refractivity contribution in [1.82, 2.24) is 34.6 Å². The van der Waals surface area contributed by atoms with E-state index in [1.807, 2.05) is 43.0 Å². The van der Waals surface area contributed by atoms with Crippen LogP contribution in [0, 0.1) is 5.41 Å². The molecule has 2 saturated heterocycles. The summed E-state index contributed by atoms with van der Waals surface area (Å²) in [6.07, 6.45) is 11.7. The quantitative estimate of drug-likeness (QED) is 0.478. The fraction of sp³-hybridized carbons (Fsp3) is 0.552. The van der Waals surface area contributed by atoms with Crippen LogP contribution in [0.3, 0.4) is 0 Å². The normalized spacial score (nSPS) is 24.7. The lowest BCUT2D eigenvalue weighted by Gasteiger charge is -2.61. The number of piperidine rings is 1. The molecule has 0 aromatic carbocycles. The number of likely N-dealkylation sites (tertiary alicyclic amines) is 1. The summed E-state index contributed by atoms with van der Waals surface area (Å²) in [6.45, 7) is 5.96. The molecule has 2 amide bonds. The Hall–Kier alpha value is -3.53. The zero-order chi connectivity index (χ0) is 27.6. The van der Waals surface area contributed by atoms with Crippen LogP contribution < -0.4 is 10.6 Å². The van der Waals surface area contributed by atoms with Gasteiger partial charge in [0.25, 0.3) is 5.91 Å². The minimum absolute atomic E-state index is 0.00543. The first-order valence-electron chi connectivity index (χ1n) is 14.2. The zero-order valence-electron chi connectivity index (χ0n) is 23.4. The predicted molar refractivity (Wildman–Crippen MR) is 152 cm³/mol. The van der Waals surface area contributed by atoms with Crippen LogP contribution in [0.2, 0.25) is 0 Å². The highest BCUT2D eigenvalue weighted by Crippen LogP contribution is 2.54. The third-order valence-corrected chi connectivity index (χ3v) is 8.55. The lowest BCUT2D eigenvalue weighted by Crippen LogP contribution is -2.75. The Labute approximate surface area is 230 Å². The number of nitrogens with zero attached hydrogens (tertiary/aromatic N) is 6. The topological polar surface area (TPSA) is 108 Å². The standard InChI is InChI=1S/C19H22N6O.C8H12N2O.C2H6/c1-24(2)18(26)15-11-13-12-21-19(22-16-9-5-6-10-20-16)23-17(13)25(15)14-7-3-4-8-14;11-5-10-3-7-8(4-10)2-1-6(8)9-7;1-2/h5-6,9-12,14H,3-4,7-8H2,1-2H3,(H,20,21,22,23);5-7,9H,1-4H2;1-2H3. The number of amides is 2. The van der Waals surface area contributed by atoms with E-state index in [-0.39, 0.29) is 5.91 Å². The lowest BCUT2D eigenvalue weighted by molar-refractivity contribution is -0.118. The van der Waals surface area contributed by atoms with E-state index in [9.17, 15) is 9.59 Å². The van der Waals surface area contributed by atoms with Crippen molar-refractivity contribution < 1.29 is 9.59 Å². The molecule has 2 aliphatic heterocycles. The average molecular weight is 533 g/mol. The lowest BCUT2D eigenvalue weighted by atomic mass is 9.55. The maximum atomic E-state index is 12.7. The van der Waals surface area contributed by atoms with E-state index in [2.05, 4.69) is 25.2 Å². The van der Waals surface area contributed by atoms with Crippen molar-refractivity contribution in [3.63, 3.8) is 0 Å². The predicted octanol–water partition coefficient (Wildman–Crippen LogP) is 3.99. The first kappa shape index (κ1) is 27.1. The maximum absolute atomic E-state index is 12.7. The number of pyridine rings is 1. The first-order valence-corrected chi connectivity index (χ1v) is 14.2. The Balaban J connectivity index is 0.000000195. The van der Waals surface area contributed by atoms with Crippen LogP contribution in [-0.4, -0.2) is 80.9 Å². The summed E-state index contributed by atoms with van der Waals surface area (Å²) in [4.78, 5) is 40.1. The van der Waals surface area contributed by atoms with Crippen molar-refractivity contribution in [3.8, 4) is 0 Å². The number of fused-ring (bicyclic) bond motifs is 1. The van der Waals surface area contributed by atoms with Crippen LogP contribution in [0.5, 0.6) is 0 Å². The Morgan fingerprint density at radius 2 is 1.95 bits per heavy atom. The summed E-state index contributed by atoms with van der Waals surface area (Å²) in [6, 6.07) is 9.22. The summed E-state index contributed by atoms with van der Waals surface area (Å²) in [5.41, 5.74) is 2.01. The van der Waals surface area contributed by atoms with Gasteiger partial charge in [0.05, 0.1) is 0 Å². The van der Waals surface area contributed by atoms with E-state index in [1.54, 1.807) is 31.4 Å². The minimum Gasteiger partial charge on any atom is -0.343 e. The number of nitrogens with one attached hydrogen (secondary N) is 2. The monoisotopic (exact) mass is 532 g/mol. The first-order chi connectivity index (χ1) is 19.0. The second kappa shape index (κ2) is 11.3. The van der Waals surface area contributed by atoms with Crippen molar-refractivity contribution >= 4 is 35.1 Å². The number of carbonyl (C=O) groups is 2. The number of carbonyl (C=O) groups excluding carboxylic acids is 2. The second-order valence-electron chi connectivity index (χ2n) is 10.9. The molecule has 2 saturated carbocycles. The van der Waals surface area contributed by atoms with Crippen molar-refractivity contribution in [1.29, 1.82) is 0 Å². The van der Waals surface area contributed by atoms with Crippen LogP contribution in [0.4, 0.5) is 11.8 Å². The number of hydrogen-bond donors (Lipinski definition) is 2. The van der Waals surface area contributed by atoms with Crippen LogP contribution in [0.15, 0.2) is 36.7 Å². The van der Waals surface area contributed by atoms with Gasteiger partial charge in [0.1, 0.15) is 17.2 Å². The zero-order valence-corrected chi connectivity index (χ0v) is 23.4. The van der Waals surface area contributed by atoms with Gasteiger partial charge in [-0.2, -0.15) is 4.98 Å². The van der Waals surface area contributed by atoms with Gasteiger partial charge in [-0.15, -0.1) is 0 Å². The molecule has 5 heterocycles. The van der Waals surface area contributed by atoms with E-state index in [0.717, 1.165) is 49.4 Å². The third-order valence-electron chi connectivity index (χ3n) is 8.55. The summed E-state index contributed by atoms with van der Waals surface area (Å²) < 4.78 is 2.11. The molecule has 208 valence electrons. The summed E-state index contributed by atoms with van der Waals surface area (Å²) >= 11 is 0. The molecule has 0 radical (unpaired) electrons. The average Bonchev–Trinajstić information content (AvgIpc) is 3.69. The highest BCUT2D eigenvalue weighted by atomic mass is 16.2. The SMILES string of the molecule is CC.CN(C)C(=O)c1cc2cnc(Nc3ccccn3)nc2n1C1CCCC1.O=CN1CC2NC3CCC32C1. The summed E-state index contributed by atoms with van der Waals surface area (Å²) in [5.74, 6) is 1.17. The fourth-order valence-electron chi connectivity index (χ4n) is 6.48. The molecule has 10 heteroatoms. The minimum atomic E-state index is -0.00543. The van der Waals surface area contributed by atoms with Crippen LogP contribution in [0.1, 0.15) is 68.9 Å². The molecule has 7 rings (SSSR count). The van der Waals surface area contributed by atoms with E-state index in [0.29, 0.717) is 35.0 Å². The largest absolute Gasteiger partial charge is 0.343 e. The molecule has 0 bridgehead atoms. The van der Waals surface area contributed by atoms with Gasteiger partial charge in [0.15, 0.2) is 0 Å². The summed E-state index contributed by atoms with van der Waals surface area (Å²) in [7, 11) is 3.55. The Bertz CT molecular complexity index is 1300. The highest BCUT2D eigenvalue weighted by Gasteiger charge is 2.64. The third kappa shape index (κ3) is 4.97. The summed E-state index contributed by atoms with van der Waals surface area (Å²) in [5, 5.41) is 7.51. The molecule has 2 N–H and O–H groups in total. The van der Waals surface area contributed by atoms with Crippen LogP contribution in [0.25, 0.3) is 11.0 Å². The molecule has 4 fully saturated rings. The van der Waals surface area contributed by atoms with Crippen LogP contribution in [-0.2, 0) is 4.79 Å². The van der Waals surface area contributed by atoms with Crippen molar-refractivity contribution in [2.24, 2.45) is 5.41 Å². The van der Waals surface area contributed by atoms with Gasteiger partial charge in [-0.05, 0) is 43.9 Å². The Morgan fingerprint density at radius 1 is 1.15 bits per heavy atom. The van der Waals surface area contributed by atoms with Crippen molar-refractivity contribution in [3.05, 3.63) is 42.4 Å². The van der Waals surface area contributed by atoms with Crippen LogP contribution >= 0.6 is 0 Å². The maximum Gasteiger partial charge on any atom is 0.270 e. The molecular weight excluding hydrogens is 492 g/mol. The molecular formula is C29H40N8O2. The Morgan fingerprint density at radius 3 is 2.54 bits per heavy atom. The van der Waals surface area contributed by atoms with Gasteiger partial charge in [-0.3, -0.25) is 9.59 Å². The second-order valence-corrected chi connectivity index (χ2v) is 10.9. The number of anilines is 2. The van der Waals surface area contributed by atoms with Gasteiger partial charge in [-0.25, -0.2) is 9.97 Å². The fourth-order valence-corrected chi connectivity index (χ4v) is 6.48. The molecule has 4 aliphatic rings. The van der Waals surface area contributed by atoms with Gasteiger partial charge in [0.2, 0.25) is 12.4 Å². The molecule has 1 spiro atoms. The molecule has 3 aromatic heterocycles. The number of rotatable bonds is 5. The van der Waals surface area contributed by atoms with E-state index < -0.39 is 0 Å². The molecule has 39 heavy (non-hydrogen) atoms. The van der Waals surface area contributed by atoms with Gasteiger partial charge in [-0.1, -0.05) is 32.8 Å². The van der Waals surface area contributed by atoms with E-state index in [1.165, 1.54) is 25.7 Å². The smallest absolute Gasteiger partial charge is 0.270 e.